The second kappa shape index (κ2) is 11.0. The number of ether oxygens (including phenoxy) is 2. The molecule has 0 atom stereocenters. The lowest BCUT2D eigenvalue weighted by molar-refractivity contribution is -0.118. The minimum atomic E-state index is -0.310. The Kier molecular flexibility index (Phi) is 7.60. The molecule has 1 aromatic heterocycles. The number of aromatic nitrogens is 2. The summed E-state index contributed by atoms with van der Waals surface area (Å²) in [6.45, 7) is 5.61. The van der Waals surface area contributed by atoms with Crippen LogP contribution in [-0.2, 0) is 4.79 Å². The molecule has 3 aromatic rings. The van der Waals surface area contributed by atoms with Crippen LogP contribution in [0, 0.1) is 5.92 Å². The van der Waals surface area contributed by atoms with Gasteiger partial charge in [0.15, 0.2) is 29.7 Å². The Morgan fingerprint density at radius 2 is 1.74 bits per heavy atom. The van der Waals surface area contributed by atoms with Crippen LogP contribution >= 0.6 is 0 Å². The van der Waals surface area contributed by atoms with Crippen LogP contribution in [0.4, 0.5) is 11.5 Å². The van der Waals surface area contributed by atoms with E-state index in [1.54, 1.807) is 18.2 Å². The number of rotatable bonds is 8. The first kappa shape index (κ1) is 24.2. The molecule has 1 amide bonds. The Hall–Kier alpha value is -3.94. The molecule has 1 aliphatic rings. The number of carbonyl (C=O) groups excluding carboxylic acids is 2. The quantitative estimate of drug-likeness (QED) is 0.477. The molecule has 2 aromatic carbocycles. The smallest absolute Gasteiger partial charge is 0.262 e. The highest BCUT2D eigenvalue weighted by molar-refractivity contribution is 5.95. The first-order valence-electron chi connectivity index (χ1n) is 11.7. The number of amides is 1. The molecule has 35 heavy (non-hydrogen) atoms. The molecule has 0 bridgehead atoms. The average Bonchev–Trinajstić information content (AvgIpc) is 2.88. The van der Waals surface area contributed by atoms with Gasteiger partial charge < -0.3 is 19.7 Å². The van der Waals surface area contributed by atoms with E-state index in [0.29, 0.717) is 22.7 Å². The lowest BCUT2D eigenvalue weighted by atomic mass is 9.99. The Morgan fingerprint density at radius 1 is 1.00 bits per heavy atom. The van der Waals surface area contributed by atoms with Gasteiger partial charge in [-0.05, 0) is 68.1 Å². The molecule has 8 nitrogen and oxygen atoms in total. The van der Waals surface area contributed by atoms with Crippen LogP contribution in [0.3, 0.4) is 0 Å². The number of piperidine rings is 1. The molecule has 4 rings (SSSR count). The molecule has 182 valence electrons. The summed E-state index contributed by atoms with van der Waals surface area (Å²) in [5.74, 6) is 2.09. The van der Waals surface area contributed by atoms with Crippen LogP contribution in [0.2, 0.25) is 0 Å². The number of anilines is 2. The van der Waals surface area contributed by atoms with Gasteiger partial charge in [-0.1, -0.05) is 19.1 Å². The standard InChI is InChI=1S/C27H30N4O4/c1-18-12-14-31(15-13-18)26-11-9-23(29-30-26)20-4-7-22(8-5-20)28-27(33)17-35-24-10-6-21(19(2)32)16-25(24)34-3/h4-11,16,18H,12-15,17H2,1-3H3,(H,28,33). The van der Waals surface area contributed by atoms with Crippen molar-refractivity contribution in [2.75, 3.05) is 37.0 Å². The fourth-order valence-corrected chi connectivity index (χ4v) is 3.96. The number of nitrogens with one attached hydrogen (secondary N) is 1. The summed E-state index contributed by atoms with van der Waals surface area (Å²) in [5.41, 5.74) is 2.86. The lowest BCUT2D eigenvalue weighted by Crippen LogP contribution is -2.33. The van der Waals surface area contributed by atoms with Gasteiger partial charge in [-0.25, -0.2) is 0 Å². The minimum Gasteiger partial charge on any atom is -0.493 e. The predicted molar refractivity (Wildman–Crippen MR) is 135 cm³/mol. The van der Waals surface area contributed by atoms with Gasteiger partial charge in [0.2, 0.25) is 0 Å². The number of carbonyl (C=O) groups is 2. The van der Waals surface area contributed by atoms with Crippen LogP contribution in [0.5, 0.6) is 11.5 Å². The molecule has 0 aliphatic carbocycles. The molecule has 0 spiro atoms. The van der Waals surface area contributed by atoms with Gasteiger partial charge in [-0.2, -0.15) is 0 Å². The first-order valence-corrected chi connectivity index (χ1v) is 11.7. The van der Waals surface area contributed by atoms with Gasteiger partial charge >= 0.3 is 0 Å². The zero-order chi connectivity index (χ0) is 24.8. The van der Waals surface area contributed by atoms with Crippen molar-refractivity contribution < 1.29 is 19.1 Å². The van der Waals surface area contributed by atoms with Gasteiger partial charge in [-0.3, -0.25) is 9.59 Å². The Balaban J connectivity index is 1.32. The largest absolute Gasteiger partial charge is 0.493 e. The second-order valence-corrected chi connectivity index (χ2v) is 8.78. The van der Waals surface area contributed by atoms with E-state index in [2.05, 4.69) is 27.3 Å². The third-order valence-electron chi connectivity index (χ3n) is 6.15. The molecule has 1 saturated heterocycles. The van der Waals surface area contributed by atoms with Crippen molar-refractivity contribution in [3.05, 3.63) is 60.2 Å². The summed E-state index contributed by atoms with van der Waals surface area (Å²) >= 11 is 0. The summed E-state index contributed by atoms with van der Waals surface area (Å²) in [7, 11) is 1.49. The van der Waals surface area contributed by atoms with Crippen molar-refractivity contribution in [2.45, 2.75) is 26.7 Å². The molecular formula is C27H30N4O4. The third kappa shape index (κ3) is 6.15. The van der Waals surface area contributed by atoms with Crippen LogP contribution in [0.1, 0.15) is 37.0 Å². The Bertz CT molecular complexity index is 1170. The fourth-order valence-electron chi connectivity index (χ4n) is 3.96. The maximum Gasteiger partial charge on any atom is 0.262 e. The molecule has 0 saturated carbocycles. The van der Waals surface area contributed by atoms with Gasteiger partial charge in [0, 0.05) is 29.9 Å². The van der Waals surface area contributed by atoms with E-state index in [0.717, 1.165) is 36.1 Å². The minimum absolute atomic E-state index is 0.0744. The van der Waals surface area contributed by atoms with E-state index < -0.39 is 0 Å². The number of methoxy groups -OCH3 is 1. The number of hydrogen-bond donors (Lipinski definition) is 1. The van der Waals surface area contributed by atoms with Crippen molar-refractivity contribution in [2.24, 2.45) is 5.92 Å². The lowest BCUT2D eigenvalue weighted by Gasteiger charge is -2.30. The number of benzene rings is 2. The van der Waals surface area contributed by atoms with E-state index in [1.165, 1.54) is 26.9 Å². The molecular weight excluding hydrogens is 444 g/mol. The molecule has 8 heteroatoms. The van der Waals surface area contributed by atoms with Crippen LogP contribution in [0.15, 0.2) is 54.6 Å². The first-order chi connectivity index (χ1) is 16.9. The van der Waals surface area contributed by atoms with Crippen molar-refractivity contribution in [3.8, 4) is 22.8 Å². The van der Waals surface area contributed by atoms with Gasteiger partial charge in [-0.15, -0.1) is 10.2 Å². The van der Waals surface area contributed by atoms with Crippen molar-refractivity contribution in [3.63, 3.8) is 0 Å². The maximum absolute atomic E-state index is 12.4. The zero-order valence-corrected chi connectivity index (χ0v) is 20.3. The van der Waals surface area contributed by atoms with Gasteiger partial charge in [0.05, 0.1) is 12.8 Å². The summed E-state index contributed by atoms with van der Waals surface area (Å²) in [4.78, 5) is 26.2. The monoisotopic (exact) mass is 474 g/mol. The summed E-state index contributed by atoms with van der Waals surface area (Å²) < 4.78 is 10.9. The highest BCUT2D eigenvalue weighted by Gasteiger charge is 2.17. The van der Waals surface area contributed by atoms with Crippen LogP contribution < -0.4 is 19.7 Å². The second-order valence-electron chi connectivity index (χ2n) is 8.78. The normalized spacial score (nSPS) is 13.9. The van der Waals surface area contributed by atoms with Crippen molar-refractivity contribution in [1.82, 2.24) is 10.2 Å². The van der Waals surface area contributed by atoms with E-state index >= 15 is 0 Å². The molecule has 2 heterocycles. The highest BCUT2D eigenvalue weighted by atomic mass is 16.5. The van der Waals surface area contributed by atoms with Crippen LogP contribution in [0.25, 0.3) is 11.3 Å². The topological polar surface area (TPSA) is 93.6 Å². The highest BCUT2D eigenvalue weighted by Crippen LogP contribution is 2.28. The fraction of sp³-hybridized carbons (Fsp3) is 0.333. The van der Waals surface area contributed by atoms with Gasteiger partial charge in [0.1, 0.15) is 0 Å². The van der Waals surface area contributed by atoms with E-state index in [-0.39, 0.29) is 18.3 Å². The number of nitrogens with zero attached hydrogens (tertiary/aromatic N) is 3. The van der Waals surface area contributed by atoms with Crippen molar-refractivity contribution in [1.29, 1.82) is 0 Å². The van der Waals surface area contributed by atoms with Crippen molar-refractivity contribution >= 4 is 23.2 Å². The zero-order valence-electron chi connectivity index (χ0n) is 20.3. The van der Waals surface area contributed by atoms with E-state index in [4.69, 9.17) is 9.47 Å². The van der Waals surface area contributed by atoms with E-state index in [1.807, 2.05) is 36.4 Å². The SMILES string of the molecule is COc1cc(C(C)=O)ccc1OCC(=O)Nc1ccc(-c2ccc(N3CCC(C)CC3)nn2)cc1. The Morgan fingerprint density at radius 3 is 2.37 bits per heavy atom. The summed E-state index contributed by atoms with van der Waals surface area (Å²) in [6.07, 6.45) is 2.36. The summed E-state index contributed by atoms with van der Waals surface area (Å²) in [6, 6.07) is 16.3. The molecule has 0 radical (unpaired) electrons. The number of ketones is 1. The third-order valence-corrected chi connectivity index (χ3v) is 6.15. The molecule has 1 aliphatic heterocycles. The molecule has 0 unspecified atom stereocenters. The van der Waals surface area contributed by atoms with E-state index in [9.17, 15) is 9.59 Å². The maximum atomic E-state index is 12.4. The van der Waals surface area contributed by atoms with Gasteiger partial charge in [0.25, 0.3) is 5.91 Å². The average molecular weight is 475 g/mol. The summed E-state index contributed by atoms with van der Waals surface area (Å²) in [5, 5.41) is 11.6. The molecule has 1 N–H and O–H groups in total. The number of hydrogen-bond acceptors (Lipinski definition) is 7. The predicted octanol–water partition coefficient (Wildman–Crippen LogP) is 4.61. The van der Waals surface area contributed by atoms with Crippen LogP contribution in [-0.4, -0.2) is 48.7 Å². The molecule has 1 fully saturated rings. The Labute approximate surface area is 205 Å². The number of Topliss-reactive ketones (excluding diaryl/α,β-unsaturated/α-hetero) is 1.